The molecule has 0 bridgehead atoms. The molecule has 0 aromatic heterocycles. The maximum absolute atomic E-state index is 12.5. The number of carbonyl (C=O) groups excluding carboxylic acids is 4. The number of fused-ring (bicyclic) bond motifs is 1. The van der Waals surface area contributed by atoms with Gasteiger partial charge in [-0.2, -0.15) is 0 Å². The van der Waals surface area contributed by atoms with Crippen molar-refractivity contribution in [1.29, 1.82) is 0 Å². The molecule has 29 heavy (non-hydrogen) atoms. The van der Waals surface area contributed by atoms with E-state index in [4.69, 9.17) is 4.74 Å². The molecule has 1 heterocycles. The van der Waals surface area contributed by atoms with Crippen molar-refractivity contribution in [1.82, 2.24) is 5.32 Å². The quantitative estimate of drug-likeness (QED) is 0.612. The van der Waals surface area contributed by atoms with Crippen LogP contribution in [0, 0.1) is 0 Å². The lowest BCUT2D eigenvalue weighted by Crippen LogP contribution is -2.43. The van der Waals surface area contributed by atoms with Gasteiger partial charge in [0.2, 0.25) is 17.7 Å². The van der Waals surface area contributed by atoms with Crippen LogP contribution in [0.5, 0.6) is 5.75 Å². The van der Waals surface area contributed by atoms with Crippen LogP contribution in [-0.4, -0.2) is 36.8 Å². The average Bonchev–Trinajstić information content (AvgIpc) is 2.78. The van der Waals surface area contributed by atoms with E-state index in [2.05, 4.69) is 21.3 Å². The second kappa shape index (κ2) is 8.42. The van der Waals surface area contributed by atoms with Crippen molar-refractivity contribution < 1.29 is 23.9 Å². The SMILES string of the molecule is COc1ccc(NC(C)=O)cc1NC(=O)C[C@H]1NC(=O)c2ccccc2NC1=O. The van der Waals surface area contributed by atoms with E-state index < -0.39 is 23.8 Å². The first-order valence-electron chi connectivity index (χ1n) is 8.83. The first-order valence-corrected chi connectivity index (χ1v) is 8.83. The Morgan fingerprint density at radius 2 is 1.86 bits per heavy atom. The van der Waals surface area contributed by atoms with E-state index >= 15 is 0 Å². The summed E-state index contributed by atoms with van der Waals surface area (Å²) in [5, 5.41) is 10.5. The molecule has 2 aromatic carbocycles. The molecule has 1 aliphatic heterocycles. The first kappa shape index (κ1) is 19.9. The molecule has 0 saturated carbocycles. The number of para-hydroxylation sites is 1. The molecule has 0 radical (unpaired) electrons. The number of nitrogens with one attached hydrogen (secondary N) is 4. The zero-order chi connectivity index (χ0) is 21.0. The number of hydrogen-bond donors (Lipinski definition) is 4. The summed E-state index contributed by atoms with van der Waals surface area (Å²) in [5.74, 6) is -1.31. The maximum Gasteiger partial charge on any atom is 0.254 e. The Hall–Kier alpha value is -3.88. The fourth-order valence-corrected chi connectivity index (χ4v) is 2.93. The van der Waals surface area contributed by atoms with Gasteiger partial charge in [-0.25, -0.2) is 0 Å². The molecule has 2 aromatic rings. The standard InChI is InChI=1S/C20H20N4O5/c1-11(25)21-12-7-8-17(29-2)15(9-12)22-18(26)10-16-20(28)23-14-6-4-3-5-13(14)19(27)24-16/h3-9,16H,10H2,1-2H3,(H,21,25)(H,22,26)(H,23,28)(H,24,27)/t16-/m1/s1. The molecule has 9 heteroatoms. The van der Waals surface area contributed by atoms with Gasteiger partial charge in [0.25, 0.3) is 5.91 Å². The third kappa shape index (κ3) is 4.70. The molecule has 0 unspecified atom stereocenters. The monoisotopic (exact) mass is 396 g/mol. The van der Waals surface area contributed by atoms with Gasteiger partial charge in [0.1, 0.15) is 11.8 Å². The Balaban J connectivity index is 1.73. The Morgan fingerprint density at radius 1 is 1.10 bits per heavy atom. The summed E-state index contributed by atoms with van der Waals surface area (Å²) >= 11 is 0. The fraction of sp³-hybridized carbons (Fsp3) is 0.200. The van der Waals surface area contributed by atoms with Crippen molar-refractivity contribution >= 4 is 40.7 Å². The van der Waals surface area contributed by atoms with E-state index in [0.717, 1.165) is 0 Å². The number of hydrogen-bond acceptors (Lipinski definition) is 5. The molecule has 0 fully saturated rings. The van der Waals surface area contributed by atoms with Crippen molar-refractivity contribution in [2.75, 3.05) is 23.1 Å². The van der Waals surface area contributed by atoms with Gasteiger partial charge in [-0.1, -0.05) is 12.1 Å². The number of anilines is 3. The second-order valence-electron chi connectivity index (χ2n) is 6.41. The molecule has 9 nitrogen and oxygen atoms in total. The lowest BCUT2D eigenvalue weighted by atomic mass is 10.1. The van der Waals surface area contributed by atoms with Gasteiger partial charge in [0.15, 0.2) is 0 Å². The van der Waals surface area contributed by atoms with Crippen LogP contribution in [0.15, 0.2) is 42.5 Å². The fourth-order valence-electron chi connectivity index (χ4n) is 2.93. The molecule has 0 aliphatic carbocycles. The van der Waals surface area contributed by atoms with Gasteiger partial charge in [-0.15, -0.1) is 0 Å². The van der Waals surface area contributed by atoms with Crippen LogP contribution < -0.4 is 26.0 Å². The van der Waals surface area contributed by atoms with E-state index in [1.54, 1.807) is 42.5 Å². The molecule has 150 valence electrons. The van der Waals surface area contributed by atoms with Crippen molar-refractivity contribution in [3.8, 4) is 5.75 Å². The first-order chi connectivity index (χ1) is 13.9. The Bertz CT molecular complexity index is 989. The van der Waals surface area contributed by atoms with E-state index in [1.165, 1.54) is 14.0 Å². The largest absolute Gasteiger partial charge is 0.495 e. The highest BCUT2D eigenvalue weighted by molar-refractivity contribution is 6.11. The van der Waals surface area contributed by atoms with E-state index in [1.807, 2.05) is 0 Å². The summed E-state index contributed by atoms with van der Waals surface area (Å²) in [6, 6.07) is 10.3. The van der Waals surface area contributed by atoms with Crippen LogP contribution in [-0.2, 0) is 14.4 Å². The summed E-state index contributed by atoms with van der Waals surface area (Å²) in [4.78, 5) is 48.6. The summed E-state index contributed by atoms with van der Waals surface area (Å²) in [7, 11) is 1.44. The number of carbonyl (C=O) groups is 4. The topological polar surface area (TPSA) is 126 Å². The normalized spacial score (nSPS) is 15.3. The van der Waals surface area contributed by atoms with Gasteiger partial charge in [0.05, 0.1) is 30.5 Å². The predicted octanol–water partition coefficient (Wildman–Crippen LogP) is 1.73. The summed E-state index contributed by atoms with van der Waals surface area (Å²) in [5.41, 5.74) is 1.52. The van der Waals surface area contributed by atoms with Crippen LogP contribution in [0.3, 0.4) is 0 Å². The lowest BCUT2D eigenvalue weighted by molar-refractivity contribution is -0.122. The molecule has 1 atom stereocenters. The summed E-state index contributed by atoms with van der Waals surface area (Å²) in [6.07, 6.45) is -0.279. The van der Waals surface area contributed by atoms with Gasteiger partial charge in [-0.05, 0) is 30.3 Å². The van der Waals surface area contributed by atoms with Crippen LogP contribution in [0.25, 0.3) is 0 Å². The number of methoxy groups -OCH3 is 1. The summed E-state index contributed by atoms with van der Waals surface area (Å²) in [6.45, 7) is 1.37. The van der Waals surface area contributed by atoms with E-state index in [0.29, 0.717) is 28.4 Å². The molecule has 0 saturated heterocycles. The number of benzene rings is 2. The third-order valence-corrected chi connectivity index (χ3v) is 4.23. The maximum atomic E-state index is 12.5. The Labute approximate surface area is 166 Å². The van der Waals surface area contributed by atoms with Crippen LogP contribution in [0.2, 0.25) is 0 Å². The predicted molar refractivity (Wildman–Crippen MR) is 107 cm³/mol. The number of rotatable bonds is 5. The molecule has 4 N–H and O–H groups in total. The molecule has 0 spiro atoms. The number of ether oxygens (including phenoxy) is 1. The van der Waals surface area contributed by atoms with Crippen LogP contribution in [0.4, 0.5) is 17.1 Å². The van der Waals surface area contributed by atoms with Crippen molar-refractivity contribution in [3.63, 3.8) is 0 Å². The molecular formula is C20H20N4O5. The van der Waals surface area contributed by atoms with Gasteiger partial charge < -0.3 is 26.0 Å². The Kier molecular flexibility index (Phi) is 5.77. The van der Waals surface area contributed by atoms with Crippen LogP contribution >= 0.6 is 0 Å². The van der Waals surface area contributed by atoms with E-state index in [9.17, 15) is 19.2 Å². The van der Waals surface area contributed by atoms with Crippen molar-refractivity contribution in [2.24, 2.45) is 0 Å². The zero-order valence-corrected chi connectivity index (χ0v) is 15.9. The van der Waals surface area contributed by atoms with Gasteiger partial charge in [0, 0.05) is 12.6 Å². The second-order valence-corrected chi connectivity index (χ2v) is 6.41. The van der Waals surface area contributed by atoms with Crippen molar-refractivity contribution in [3.05, 3.63) is 48.0 Å². The minimum atomic E-state index is -1.04. The highest BCUT2D eigenvalue weighted by atomic mass is 16.5. The summed E-state index contributed by atoms with van der Waals surface area (Å²) < 4.78 is 5.22. The molecule has 3 rings (SSSR count). The minimum Gasteiger partial charge on any atom is -0.495 e. The molecule has 1 aliphatic rings. The molecular weight excluding hydrogens is 376 g/mol. The van der Waals surface area contributed by atoms with Crippen molar-refractivity contribution in [2.45, 2.75) is 19.4 Å². The van der Waals surface area contributed by atoms with Crippen LogP contribution in [0.1, 0.15) is 23.7 Å². The third-order valence-electron chi connectivity index (χ3n) is 4.23. The van der Waals surface area contributed by atoms with Gasteiger partial charge >= 0.3 is 0 Å². The van der Waals surface area contributed by atoms with E-state index in [-0.39, 0.29) is 12.3 Å². The molecule has 4 amide bonds. The zero-order valence-electron chi connectivity index (χ0n) is 15.9. The highest BCUT2D eigenvalue weighted by Crippen LogP contribution is 2.28. The van der Waals surface area contributed by atoms with Gasteiger partial charge in [-0.3, -0.25) is 19.2 Å². The minimum absolute atomic E-state index is 0.259. The Morgan fingerprint density at radius 3 is 2.59 bits per heavy atom. The number of amides is 4. The smallest absolute Gasteiger partial charge is 0.254 e. The highest BCUT2D eigenvalue weighted by Gasteiger charge is 2.29. The average molecular weight is 396 g/mol. The lowest BCUT2D eigenvalue weighted by Gasteiger charge is -2.16.